The van der Waals surface area contributed by atoms with Crippen molar-refractivity contribution < 1.29 is 14.6 Å². The van der Waals surface area contributed by atoms with E-state index >= 15 is 0 Å². The zero-order valence-electron chi connectivity index (χ0n) is 11.9. The van der Waals surface area contributed by atoms with Crippen LogP contribution in [-0.4, -0.2) is 36.1 Å². The fourth-order valence-electron chi connectivity index (χ4n) is 1.82. The summed E-state index contributed by atoms with van der Waals surface area (Å²) in [6.45, 7) is 0.693. The van der Waals surface area contributed by atoms with Crippen molar-refractivity contribution in [2.45, 2.75) is 0 Å². The van der Waals surface area contributed by atoms with Gasteiger partial charge in [-0.25, -0.2) is 0 Å². The molecule has 0 atom stereocenters. The quantitative estimate of drug-likeness (QED) is 0.899. The molecule has 0 saturated heterocycles. The Hall–Kier alpha value is -1.91. The second kappa shape index (κ2) is 7.38. The summed E-state index contributed by atoms with van der Waals surface area (Å²) in [6, 6.07) is 11.3. The number of carbonyl (C=O) groups is 1. The number of rotatable bonds is 5. The highest BCUT2D eigenvalue weighted by atomic mass is 35.5. The SMILES string of the molecule is CN(CCOc1ccc(Cl)cc1)C(=O)c1cc(Cl)ccc1O. The summed E-state index contributed by atoms with van der Waals surface area (Å²) in [5.74, 6) is 0.260. The molecule has 0 bridgehead atoms. The van der Waals surface area contributed by atoms with Crippen LogP contribution >= 0.6 is 23.2 Å². The van der Waals surface area contributed by atoms with E-state index in [0.717, 1.165) is 0 Å². The van der Waals surface area contributed by atoms with Crippen LogP contribution in [-0.2, 0) is 0 Å². The van der Waals surface area contributed by atoms with Gasteiger partial charge in [0.15, 0.2) is 0 Å². The zero-order valence-corrected chi connectivity index (χ0v) is 13.4. The molecule has 0 unspecified atom stereocenters. The zero-order chi connectivity index (χ0) is 16.1. The third-order valence-electron chi connectivity index (χ3n) is 3.04. The van der Waals surface area contributed by atoms with Gasteiger partial charge in [0.2, 0.25) is 0 Å². The molecule has 116 valence electrons. The number of halogens is 2. The lowest BCUT2D eigenvalue weighted by molar-refractivity contribution is 0.0771. The summed E-state index contributed by atoms with van der Waals surface area (Å²) in [4.78, 5) is 13.7. The molecule has 1 N–H and O–H groups in total. The van der Waals surface area contributed by atoms with E-state index in [2.05, 4.69) is 0 Å². The van der Waals surface area contributed by atoms with Crippen molar-refractivity contribution in [3.05, 3.63) is 58.1 Å². The van der Waals surface area contributed by atoms with Crippen LogP contribution in [0, 0.1) is 0 Å². The van der Waals surface area contributed by atoms with Gasteiger partial charge in [-0.1, -0.05) is 23.2 Å². The Bertz CT molecular complexity index is 659. The number of likely N-dealkylation sites (N-methyl/N-ethyl adjacent to an activating group) is 1. The molecule has 0 spiro atoms. The largest absolute Gasteiger partial charge is 0.507 e. The van der Waals surface area contributed by atoms with Crippen LogP contribution in [0.1, 0.15) is 10.4 Å². The molecular formula is C16H15Cl2NO3. The third-order valence-corrected chi connectivity index (χ3v) is 3.53. The molecule has 2 aromatic rings. The molecule has 0 fully saturated rings. The van der Waals surface area contributed by atoms with Gasteiger partial charge in [-0.3, -0.25) is 4.79 Å². The molecule has 0 aliphatic heterocycles. The Balaban J connectivity index is 1.91. The molecule has 0 aromatic heterocycles. The van der Waals surface area contributed by atoms with Crippen molar-refractivity contribution in [1.82, 2.24) is 4.90 Å². The van der Waals surface area contributed by atoms with Crippen molar-refractivity contribution in [3.8, 4) is 11.5 Å². The molecule has 2 rings (SSSR count). The Labute approximate surface area is 138 Å². The van der Waals surface area contributed by atoms with E-state index in [1.54, 1.807) is 31.3 Å². The number of aromatic hydroxyl groups is 1. The molecule has 0 radical (unpaired) electrons. The van der Waals surface area contributed by atoms with E-state index in [0.29, 0.717) is 28.9 Å². The van der Waals surface area contributed by atoms with Gasteiger partial charge >= 0.3 is 0 Å². The normalized spacial score (nSPS) is 10.3. The van der Waals surface area contributed by atoms with Gasteiger partial charge in [-0.2, -0.15) is 0 Å². The average molecular weight is 340 g/mol. The lowest BCUT2D eigenvalue weighted by atomic mass is 10.2. The standard InChI is InChI=1S/C16H15Cl2NO3/c1-19(8-9-22-13-5-2-11(17)3-6-13)16(21)14-10-12(18)4-7-15(14)20/h2-7,10,20H,8-9H2,1H3. The smallest absolute Gasteiger partial charge is 0.257 e. The topological polar surface area (TPSA) is 49.8 Å². The minimum absolute atomic E-state index is 0.0973. The van der Waals surface area contributed by atoms with Crippen LogP contribution in [0.3, 0.4) is 0 Å². The predicted octanol–water partition coefficient (Wildman–Crippen LogP) is 3.85. The Morgan fingerprint density at radius 2 is 1.77 bits per heavy atom. The summed E-state index contributed by atoms with van der Waals surface area (Å²) >= 11 is 11.6. The average Bonchev–Trinajstić information content (AvgIpc) is 2.51. The first-order chi connectivity index (χ1) is 10.5. The fourth-order valence-corrected chi connectivity index (χ4v) is 2.12. The van der Waals surface area contributed by atoms with Gasteiger partial charge in [0, 0.05) is 17.1 Å². The number of carbonyl (C=O) groups excluding carboxylic acids is 1. The Kier molecular flexibility index (Phi) is 5.52. The first kappa shape index (κ1) is 16.5. The van der Waals surface area contributed by atoms with Crippen LogP contribution < -0.4 is 4.74 Å². The molecule has 0 saturated carbocycles. The van der Waals surface area contributed by atoms with Gasteiger partial charge in [-0.15, -0.1) is 0 Å². The minimum atomic E-state index is -0.320. The maximum atomic E-state index is 12.2. The molecule has 0 heterocycles. The summed E-state index contributed by atoms with van der Waals surface area (Å²) in [5.41, 5.74) is 0.168. The fraction of sp³-hybridized carbons (Fsp3) is 0.188. The van der Waals surface area contributed by atoms with Crippen LogP contribution in [0.4, 0.5) is 0 Å². The highest BCUT2D eigenvalue weighted by molar-refractivity contribution is 6.31. The van der Waals surface area contributed by atoms with E-state index in [1.807, 2.05) is 0 Å². The summed E-state index contributed by atoms with van der Waals surface area (Å²) < 4.78 is 5.53. The van der Waals surface area contributed by atoms with Crippen molar-refractivity contribution in [2.75, 3.05) is 20.2 Å². The number of nitrogens with zero attached hydrogens (tertiary/aromatic N) is 1. The van der Waals surface area contributed by atoms with Crippen LogP contribution in [0.15, 0.2) is 42.5 Å². The van der Waals surface area contributed by atoms with Crippen molar-refractivity contribution >= 4 is 29.1 Å². The molecule has 0 aliphatic carbocycles. The Morgan fingerprint density at radius 3 is 2.45 bits per heavy atom. The van der Waals surface area contributed by atoms with E-state index in [4.69, 9.17) is 27.9 Å². The number of hydrogen-bond donors (Lipinski definition) is 1. The van der Waals surface area contributed by atoms with Crippen LogP contribution in [0.2, 0.25) is 10.0 Å². The van der Waals surface area contributed by atoms with Gasteiger partial charge in [0.25, 0.3) is 5.91 Å². The lowest BCUT2D eigenvalue weighted by Gasteiger charge is -2.18. The van der Waals surface area contributed by atoms with Crippen molar-refractivity contribution in [3.63, 3.8) is 0 Å². The van der Waals surface area contributed by atoms with Crippen LogP contribution in [0.5, 0.6) is 11.5 Å². The number of phenols is 1. The second-order valence-corrected chi connectivity index (χ2v) is 5.56. The van der Waals surface area contributed by atoms with Crippen LogP contribution in [0.25, 0.3) is 0 Å². The third kappa shape index (κ3) is 4.29. The van der Waals surface area contributed by atoms with Gasteiger partial charge in [0.1, 0.15) is 18.1 Å². The maximum absolute atomic E-state index is 12.2. The van der Waals surface area contributed by atoms with E-state index in [1.165, 1.54) is 23.1 Å². The van der Waals surface area contributed by atoms with Gasteiger partial charge in [0.05, 0.1) is 12.1 Å². The first-order valence-corrected chi connectivity index (χ1v) is 7.35. The molecule has 2 aromatic carbocycles. The van der Waals surface area contributed by atoms with Gasteiger partial charge < -0.3 is 14.7 Å². The number of hydrogen-bond acceptors (Lipinski definition) is 3. The summed E-state index contributed by atoms with van der Waals surface area (Å²) in [7, 11) is 1.63. The first-order valence-electron chi connectivity index (χ1n) is 6.59. The van der Waals surface area contributed by atoms with E-state index in [9.17, 15) is 9.90 Å². The van der Waals surface area contributed by atoms with Crippen molar-refractivity contribution in [2.24, 2.45) is 0 Å². The highest BCUT2D eigenvalue weighted by Gasteiger charge is 2.16. The van der Waals surface area contributed by atoms with Gasteiger partial charge in [-0.05, 0) is 42.5 Å². The summed E-state index contributed by atoms with van der Waals surface area (Å²) in [5, 5.41) is 10.8. The predicted molar refractivity (Wildman–Crippen MR) is 87.0 cm³/mol. The van der Waals surface area contributed by atoms with E-state index in [-0.39, 0.29) is 17.2 Å². The second-order valence-electron chi connectivity index (χ2n) is 4.69. The molecule has 22 heavy (non-hydrogen) atoms. The maximum Gasteiger partial charge on any atom is 0.257 e. The monoisotopic (exact) mass is 339 g/mol. The molecule has 6 heteroatoms. The summed E-state index contributed by atoms with van der Waals surface area (Å²) in [6.07, 6.45) is 0. The molecular weight excluding hydrogens is 325 g/mol. The molecule has 0 aliphatic rings. The number of phenolic OH excluding ortho intramolecular Hbond substituents is 1. The minimum Gasteiger partial charge on any atom is -0.507 e. The lowest BCUT2D eigenvalue weighted by Crippen LogP contribution is -2.30. The molecule has 1 amide bonds. The van der Waals surface area contributed by atoms with Crippen molar-refractivity contribution in [1.29, 1.82) is 0 Å². The molecule has 4 nitrogen and oxygen atoms in total. The highest BCUT2D eigenvalue weighted by Crippen LogP contribution is 2.22. The van der Waals surface area contributed by atoms with E-state index < -0.39 is 0 Å². The number of amides is 1. The number of benzene rings is 2. The Morgan fingerprint density at radius 1 is 1.14 bits per heavy atom. The number of ether oxygens (including phenoxy) is 1.